The van der Waals surface area contributed by atoms with Gasteiger partial charge in [0.25, 0.3) is 0 Å². The largest absolute Gasteiger partial charge is 0.493 e. The number of methoxy groups -OCH3 is 3. The Kier molecular flexibility index (Phi) is 5.79. The van der Waals surface area contributed by atoms with E-state index in [4.69, 9.17) is 14.2 Å². The molecule has 0 saturated heterocycles. The Morgan fingerprint density at radius 1 is 1.04 bits per heavy atom. The van der Waals surface area contributed by atoms with Gasteiger partial charge in [0.05, 0.1) is 27.5 Å². The fraction of sp³-hybridized carbons (Fsp3) is 0.400. The summed E-state index contributed by atoms with van der Waals surface area (Å²) in [4.78, 5) is 4.35. The van der Waals surface area contributed by atoms with E-state index < -0.39 is 0 Å². The zero-order chi connectivity index (χ0) is 16.7. The van der Waals surface area contributed by atoms with E-state index >= 15 is 0 Å². The van der Waals surface area contributed by atoms with Gasteiger partial charge in [0.15, 0.2) is 17.3 Å². The Labute approximate surface area is 135 Å². The summed E-state index contributed by atoms with van der Waals surface area (Å²) in [7, 11) is 4.69. The lowest BCUT2D eigenvalue weighted by atomic mass is 10.2. The highest BCUT2D eigenvalue weighted by Gasteiger charge is 2.14. The first kappa shape index (κ1) is 16.6. The average Bonchev–Trinajstić information content (AvgIpc) is 2.59. The van der Waals surface area contributed by atoms with Crippen LogP contribution in [0, 0.1) is 0 Å². The summed E-state index contributed by atoms with van der Waals surface area (Å²) < 4.78 is 15.9. The van der Waals surface area contributed by atoms with Crippen LogP contribution in [-0.4, -0.2) is 43.1 Å². The minimum absolute atomic E-state index is 0.375. The van der Waals surface area contributed by atoms with Crippen molar-refractivity contribution in [1.82, 2.24) is 15.2 Å². The molecule has 1 aromatic carbocycles. The van der Waals surface area contributed by atoms with Crippen LogP contribution in [-0.2, 0) is 0 Å². The van der Waals surface area contributed by atoms with Crippen molar-refractivity contribution in [3.8, 4) is 17.2 Å². The van der Waals surface area contributed by atoms with Crippen molar-refractivity contribution in [2.45, 2.75) is 13.3 Å². The van der Waals surface area contributed by atoms with Crippen molar-refractivity contribution >= 4 is 17.5 Å². The number of aromatic nitrogens is 3. The molecule has 2 rings (SSSR count). The number of rotatable bonds is 8. The van der Waals surface area contributed by atoms with Crippen LogP contribution in [0.2, 0.25) is 0 Å². The Hall–Kier alpha value is -2.77. The second kappa shape index (κ2) is 8.02. The molecule has 8 nitrogen and oxygen atoms in total. The first-order valence-electron chi connectivity index (χ1n) is 7.22. The maximum Gasteiger partial charge on any atom is 0.249 e. The van der Waals surface area contributed by atoms with E-state index in [-0.39, 0.29) is 0 Å². The number of benzene rings is 1. The van der Waals surface area contributed by atoms with E-state index in [0.717, 1.165) is 13.0 Å². The molecule has 23 heavy (non-hydrogen) atoms. The van der Waals surface area contributed by atoms with Crippen LogP contribution in [0.25, 0.3) is 0 Å². The highest BCUT2D eigenvalue weighted by Crippen LogP contribution is 2.40. The second-order valence-electron chi connectivity index (χ2n) is 4.63. The van der Waals surface area contributed by atoms with Gasteiger partial charge in [-0.2, -0.15) is 10.1 Å². The fourth-order valence-corrected chi connectivity index (χ4v) is 1.98. The smallest absolute Gasteiger partial charge is 0.249 e. The van der Waals surface area contributed by atoms with Gasteiger partial charge in [-0.3, -0.25) is 0 Å². The molecule has 0 aliphatic heterocycles. The highest BCUT2D eigenvalue weighted by atomic mass is 16.5. The molecule has 0 fully saturated rings. The van der Waals surface area contributed by atoms with Crippen LogP contribution in [0.3, 0.4) is 0 Å². The molecule has 0 atom stereocenters. The van der Waals surface area contributed by atoms with E-state index in [2.05, 4.69) is 32.7 Å². The third-order valence-corrected chi connectivity index (χ3v) is 3.04. The van der Waals surface area contributed by atoms with Gasteiger partial charge in [0.1, 0.15) is 0 Å². The SMILES string of the molecule is CCCNc1cnnc(Nc2cc(OC)c(OC)c(OC)c2)n1. The number of anilines is 3. The monoisotopic (exact) mass is 319 g/mol. The predicted molar refractivity (Wildman–Crippen MR) is 88.0 cm³/mol. The van der Waals surface area contributed by atoms with E-state index in [0.29, 0.717) is 34.7 Å². The molecular formula is C15H21N5O3. The summed E-state index contributed by atoms with van der Waals surface area (Å²) in [5.41, 5.74) is 0.703. The third kappa shape index (κ3) is 4.12. The fourth-order valence-electron chi connectivity index (χ4n) is 1.98. The van der Waals surface area contributed by atoms with Crippen LogP contribution in [0.15, 0.2) is 18.3 Å². The first-order chi connectivity index (χ1) is 11.2. The Bertz CT molecular complexity index is 626. The van der Waals surface area contributed by atoms with E-state index in [1.54, 1.807) is 39.7 Å². The summed E-state index contributed by atoms with van der Waals surface area (Å²) in [6.07, 6.45) is 2.58. The Morgan fingerprint density at radius 3 is 2.30 bits per heavy atom. The molecule has 1 heterocycles. The predicted octanol–water partition coefficient (Wildman–Crippen LogP) is 2.46. The zero-order valence-electron chi connectivity index (χ0n) is 13.7. The van der Waals surface area contributed by atoms with Crippen LogP contribution in [0.5, 0.6) is 17.2 Å². The molecule has 0 spiro atoms. The number of hydrogen-bond donors (Lipinski definition) is 2. The van der Waals surface area contributed by atoms with Gasteiger partial charge in [-0.25, -0.2) is 0 Å². The van der Waals surface area contributed by atoms with Gasteiger partial charge in [-0.15, -0.1) is 5.10 Å². The van der Waals surface area contributed by atoms with Crippen LogP contribution >= 0.6 is 0 Å². The second-order valence-corrected chi connectivity index (χ2v) is 4.63. The maximum atomic E-state index is 5.32. The summed E-state index contributed by atoms with van der Waals surface area (Å²) in [5, 5.41) is 14.1. The molecule has 0 radical (unpaired) electrons. The van der Waals surface area contributed by atoms with Gasteiger partial charge in [0.2, 0.25) is 11.7 Å². The quantitative estimate of drug-likeness (QED) is 0.767. The molecule has 0 amide bonds. The van der Waals surface area contributed by atoms with Crippen LogP contribution in [0.1, 0.15) is 13.3 Å². The van der Waals surface area contributed by atoms with E-state index in [1.165, 1.54) is 0 Å². The summed E-state index contributed by atoms with van der Waals surface area (Å²) in [6.45, 7) is 2.90. The maximum absolute atomic E-state index is 5.32. The molecule has 0 unspecified atom stereocenters. The normalized spacial score (nSPS) is 10.1. The highest BCUT2D eigenvalue weighted by molar-refractivity contribution is 5.65. The minimum Gasteiger partial charge on any atom is -0.493 e. The number of hydrogen-bond acceptors (Lipinski definition) is 8. The molecule has 1 aromatic heterocycles. The molecule has 124 valence electrons. The van der Waals surface area contributed by atoms with Crippen molar-refractivity contribution in [3.05, 3.63) is 18.3 Å². The molecule has 2 N–H and O–H groups in total. The van der Waals surface area contributed by atoms with Gasteiger partial charge in [0, 0.05) is 24.4 Å². The molecule has 2 aromatic rings. The number of ether oxygens (including phenoxy) is 3. The number of nitrogens with zero attached hydrogens (tertiary/aromatic N) is 3. The lowest BCUT2D eigenvalue weighted by molar-refractivity contribution is 0.324. The van der Waals surface area contributed by atoms with Gasteiger partial charge in [-0.05, 0) is 6.42 Å². The molecular weight excluding hydrogens is 298 g/mol. The molecule has 8 heteroatoms. The topological polar surface area (TPSA) is 90.4 Å². The van der Waals surface area contributed by atoms with Crippen molar-refractivity contribution < 1.29 is 14.2 Å². The van der Waals surface area contributed by atoms with Crippen LogP contribution < -0.4 is 24.8 Å². The van der Waals surface area contributed by atoms with Crippen molar-refractivity contribution in [3.63, 3.8) is 0 Å². The van der Waals surface area contributed by atoms with Gasteiger partial charge in [-0.1, -0.05) is 6.92 Å². The third-order valence-electron chi connectivity index (χ3n) is 3.04. The van der Waals surface area contributed by atoms with E-state index in [9.17, 15) is 0 Å². The number of nitrogens with one attached hydrogen (secondary N) is 2. The standard InChI is InChI=1S/C15H21N5O3/c1-5-6-16-13-9-17-20-15(19-13)18-10-7-11(21-2)14(23-4)12(8-10)22-3/h7-9H,5-6H2,1-4H3,(H2,16,18,19,20). The zero-order valence-corrected chi connectivity index (χ0v) is 13.7. The van der Waals surface area contributed by atoms with Crippen molar-refractivity contribution in [2.24, 2.45) is 0 Å². The molecule has 0 aliphatic rings. The van der Waals surface area contributed by atoms with E-state index in [1.807, 2.05) is 0 Å². The van der Waals surface area contributed by atoms with Crippen molar-refractivity contribution in [2.75, 3.05) is 38.5 Å². The molecule has 0 bridgehead atoms. The Balaban J connectivity index is 2.26. The summed E-state index contributed by atoms with van der Waals surface area (Å²) in [6, 6.07) is 3.55. The minimum atomic E-state index is 0.375. The molecule has 0 saturated carbocycles. The van der Waals surface area contributed by atoms with Gasteiger partial charge >= 0.3 is 0 Å². The van der Waals surface area contributed by atoms with Crippen LogP contribution in [0.4, 0.5) is 17.5 Å². The molecule has 0 aliphatic carbocycles. The summed E-state index contributed by atoms with van der Waals surface area (Å²) in [5.74, 6) is 2.65. The van der Waals surface area contributed by atoms with Gasteiger partial charge < -0.3 is 24.8 Å². The lowest BCUT2D eigenvalue weighted by Crippen LogP contribution is -2.06. The van der Waals surface area contributed by atoms with Crippen molar-refractivity contribution in [1.29, 1.82) is 0 Å². The summed E-state index contributed by atoms with van der Waals surface area (Å²) >= 11 is 0. The first-order valence-corrected chi connectivity index (χ1v) is 7.22. The average molecular weight is 319 g/mol. The lowest BCUT2D eigenvalue weighted by Gasteiger charge is -2.14. The Morgan fingerprint density at radius 2 is 1.74 bits per heavy atom.